The number of ether oxygens (including phenoxy) is 3. The van der Waals surface area contributed by atoms with E-state index in [1.807, 2.05) is 0 Å². The molecule has 0 radical (unpaired) electrons. The lowest BCUT2D eigenvalue weighted by Crippen LogP contribution is -1.97. The van der Waals surface area contributed by atoms with Gasteiger partial charge in [-0.3, -0.25) is 4.79 Å². The first kappa shape index (κ1) is 12.8. The summed E-state index contributed by atoms with van der Waals surface area (Å²) in [6, 6.07) is 8.23. The number of carbonyl (C=O) groups excluding carboxylic acids is 1. The molecule has 0 spiro atoms. The Balaban J connectivity index is 2.23. The molecule has 0 aliphatic heterocycles. The molecule has 6 nitrogen and oxygen atoms in total. The molecular weight excluding hydrogens is 248 g/mol. The minimum Gasteiger partial charge on any atom is -0.481 e. The van der Waals surface area contributed by atoms with Gasteiger partial charge in [0.25, 0.3) is 0 Å². The fourth-order valence-corrected chi connectivity index (χ4v) is 1.36. The number of methoxy groups -OCH3 is 2. The van der Waals surface area contributed by atoms with Crippen molar-refractivity contribution in [3.8, 4) is 23.5 Å². The van der Waals surface area contributed by atoms with Gasteiger partial charge in [-0.25, -0.2) is 0 Å². The second-order valence-electron chi connectivity index (χ2n) is 3.52. The zero-order valence-corrected chi connectivity index (χ0v) is 10.5. The quantitative estimate of drug-likeness (QED) is 0.767. The van der Waals surface area contributed by atoms with Crippen LogP contribution in [0.2, 0.25) is 0 Å². The minimum atomic E-state index is 0.107. The molecule has 1 aromatic carbocycles. The van der Waals surface area contributed by atoms with Crippen molar-refractivity contribution in [2.75, 3.05) is 14.2 Å². The van der Waals surface area contributed by atoms with Gasteiger partial charge in [-0.2, -0.15) is 9.97 Å². The SMILES string of the molecule is COc1cc(OC)nc(Oc2ccc(C=O)cc2)n1. The van der Waals surface area contributed by atoms with E-state index < -0.39 is 0 Å². The highest BCUT2D eigenvalue weighted by molar-refractivity contribution is 5.74. The Hall–Kier alpha value is -2.63. The van der Waals surface area contributed by atoms with Crippen LogP contribution in [0.4, 0.5) is 0 Å². The van der Waals surface area contributed by atoms with Gasteiger partial charge in [0.05, 0.1) is 20.3 Å². The van der Waals surface area contributed by atoms with E-state index in [1.165, 1.54) is 14.2 Å². The second-order valence-corrected chi connectivity index (χ2v) is 3.52. The zero-order valence-electron chi connectivity index (χ0n) is 10.5. The molecule has 98 valence electrons. The predicted molar refractivity (Wildman–Crippen MR) is 67.0 cm³/mol. The number of nitrogens with zero attached hydrogens (tertiary/aromatic N) is 2. The summed E-state index contributed by atoms with van der Waals surface area (Å²) in [5, 5.41) is 0. The predicted octanol–water partition coefficient (Wildman–Crippen LogP) is 2.10. The Bertz CT molecular complexity index is 547. The maximum atomic E-state index is 10.5. The Morgan fingerprint density at radius 2 is 1.58 bits per heavy atom. The van der Waals surface area contributed by atoms with Crippen molar-refractivity contribution in [3.05, 3.63) is 35.9 Å². The van der Waals surface area contributed by atoms with Gasteiger partial charge in [-0.15, -0.1) is 0 Å². The molecule has 2 aromatic rings. The van der Waals surface area contributed by atoms with E-state index in [0.29, 0.717) is 23.1 Å². The first-order valence-corrected chi connectivity index (χ1v) is 5.45. The van der Waals surface area contributed by atoms with Crippen LogP contribution in [-0.4, -0.2) is 30.5 Å². The van der Waals surface area contributed by atoms with Crippen molar-refractivity contribution in [2.45, 2.75) is 0 Å². The highest BCUT2D eigenvalue weighted by atomic mass is 16.5. The van der Waals surface area contributed by atoms with Crippen LogP contribution in [0.3, 0.4) is 0 Å². The molecule has 1 aromatic heterocycles. The fourth-order valence-electron chi connectivity index (χ4n) is 1.36. The van der Waals surface area contributed by atoms with E-state index in [9.17, 15) is 4.79 Å². The van der Waals surface area contributed by atoms with Gasteiger partial charge in [-0.05, 0) is 24.3 Å². The van der Waals surface area contributed by atoms with Gasteiger partial charge in [0.15, 0.2) is 0 Å². The standard InChI is InChI=1S/C13H12N2O4/c1-17-11-7-12(18-2)15-13(14-11)19-10-5-3-9(8-16)4-6-10/h3-8H,1-2H3. The first-order chi connectivity index (χ1) is 9.25. The van der Waals surface area contributed by atoms with Crippen LogP contribution in [0.5, 0.6) is 23.5 Å². The lowest BCUT2D eigenvalue weighted by Gasteiger charge is -2.07. The van der Waals surface area contributed by atoms with Crippen LogP contribution in [-0.2, 0) is 0 Å². The van der Waals surface area contributed by atoms with E-state index in [2.05, 4.69) is 9.97 Å². The van der Waals surface area contributed by atoms with Crippen LogP contribution in [0.25, 0.3) is 0 Å². The second kappa shape index (κ2) is 5.81. The number of benzene rings is 1. The Kier molecular flexibility index (Phi) is 3.92. The maximum absolute atomic E-state index is 10.5. The normalized spacial score (nSPS) is 9.79. The molecule has 6 heteroatoms. The van der Waals surface area contributed by atoms with Gasteiger partial charge in [0.1, 0.15) is 12.0 Å². The molecular formula is C13H12N2O4. The van der Waals surface area contributed by atoms with Crippen molar-refractivity contribution in [3.63, 3.8) is 0 Å². The number of carbonyl (C=O) groups is 1. The third kappa shape index (κ3) is 3.19. The smallest absolute Gasteiger partial charge is 0.328 e. The highest BCUT2D eigenvalue weighted by Crippen LogP contribution is 2.23. The topological polar surface area (TPSA) is 70.5 Å². The van der Waals surface area contributed by atoms with E-state index >= 15 is 0 Å². The van der Waals surface area contributed by atoms with E-state index in [1.54, 1.807) is 30.3 Å². The van der Waals surface area contributed by atoms with Crippen LogP contribution in [0.15, 0.2) is 30.3 Å². The van der Waals surface area contributed by atoms with Crippen molar-refractivity contribution in [2.24, 2.45) is 0 Å². The summed E-state index contributed by atoms with van der Waals surface area (Å²) in [5.74, 6) is 1.19. The maximum Gasteiger partial charge on any atom is 0.328 e. The number of aldehydes is 1. The van der Waals surface area contributed by atoms with Gasteiger partial charge in [0, 0.05) is 5.56 Å². The first-order valence-electron chi connectivity index (χ1n) is 5.45. The molecule has 0 saturated heterocycles. The summed E-state index contributed by atoms with van der Waals surface area (Å²) in [5.41, 5.74) is 0.566. The van der Waals surface area contributed by atoms with Crippen molar-refractivity contribution >= 4 is 6.29 Å². The molecule has 2 rings (SSSR count). The lowest BCUT2D eigenvalue weighted by atomic mass is 10.2. The molecule has 0 saturated carbocycles. The number of aromatic nitrogens is 2. The van der Waals surface area contributed by atoms with Crippen LogP contribution < -0.4 is 14.2 Å². The van der Waals surface area contributed by atoms with Crippen molar-refractivity contribution < 1.29 is 19.0 Å². The van der Waals surface area contributed by atoms with Crippen LogP contribution >= 0.6 is 0 Å². The number of hydrogen-bond donors (Lipinski definition) is 0. The molecule has 1 heterocycles. The molecule has 0 amide bonds. The van der Waals surface area contributed by atoms with Gasteiger partial charge in [-0.1, -0.05) is 0 Å². The molecule has 0 aliphatic carbocycles. The summed E-state index contributed by atoms with van der Waals surface area (Å²) in [7, 11) is 2.98. The van der Waals surface area contributed by atoms with Gasteiger partial charge < -0.3 is 14.2 Å². The molecule has 0 atom stereocenters. The fraction of sp³-hybridized carbons (Fsp3) is 0.154. The average molecular weight is 260 g/mol. The van der Waals surface area contributed by atoms with Crippen LogP contribution in [0, 0.1) is 0 Å². The van der Waals surface area contributed by atoms with E-state index in [4.69, 9.17) is 14.2 Å². The summed E-state index contributed by atoms with van der Waals surface area (Å²) < 4.78 is 15.5. The summed E-state index contributed by atoms with van der Waals surface area (Å²) in [6.45, 7) is 0. The highest BCUT2D eigenvalue weighted by Gasteiger charge is 2.07. The lowest BCUT2D eigenvalue weighted by molar-refractivity contribution is 0.112. The molecule has 0 fully saturated rings. The van der Waals surface area contributed by atoms with Crippen molar-refractivity contribution in [1.82, 2.24) is 9.97 Å². The van der Waals surface area contributed by atoms with Gasteiger partial charge in [0.2, 0.25) is 11.8 Å². The Morgan fingerprint density at radius 3 is 2.05 bits per heavy atom. The molecule has 0 bridgehead atoms. The summed E-state index contributed by atoms with van der Waals surface area (Å²) in [6.07, 6.45) is 0.759. The number of hydrogen-bond acceptors (Lipinski definition) is 6. The Morgan fingerprint density at radius 1 is 1.00 bits per heavy atom. The average Bonchev–Trinajstić information content (AvgIpc) is 2.47. The molecule has 0 aliphatic rings. The van der Waals surface area contributed by atoms with E-state index in [-0.39, 0.29) is 6.01 Å². The van der Waals surface area contributed by atoms with Crippen LogP contribution in [0.1, 0.15) is 10.4 Å². The third-order valence-corrected chi connectivity index (χ3v) is 2.30. The number of rotatable bonds is 5. The van der Waals surface area contributed by atoms with Gasteiger partial charge >= 0.3 is 6.01 Å². The monoisotopic (exact) mass is 260 g/mol. The van der Waals surface area contributed by atoms with E-state index in [0.717, 1.165) is 6.29 Å². The molecule has 19 heavy (non-hydrogen) atoms. The largest absolute Gasteiger partial charge is 0.481 e. The summed E-state index contributed by atoms with van der Waals surface area (Å²) >= 11 is 0. The van der Waals surface area contributed by atoms with Crippen molar-refractivity contribution in [1.29, 1.82) is 0 Å². The molecule has 0 unspecified atom stereocenters. The minimum absolute atomic E-state index is 0.107. The molecule has 0 N–H and O–H groups in total. The third-order valence-electron chi connectivity index (χ3n) is 2.30. The Labute approximate surface area is 110 Å². The zero-order chi connectivity index (χ0) is 13.7. The summed E-state index contributed by atoms with van der Waals surface area (Å²) in [4.78, 5) is 18.6.